The first-order chi connectivity index (χ1) is 17.5. The van der Waals surface area contributed by atoms with Gasteiger partial charge in [0.1, 0.15) is 0 Å². The molecule has 3 heterocycles. The number of anilines is 1. The highest BCUT2D eigenvalue weighted by molar-refractivity contribution is 5.92. The molecule has 0 N–H and O–H groups in total. The fourth-order valence-corrected chi connectivity index (χ4v) is 5.08. The molecular weight excluding hydrogens is 452 g/mol. The summed E-state index contributed by atoms with van der Waals surface area (Å²) in [6, 6.07) is 14.1. The maximum absolute atomic E-state index is 13.5. The van der Waals surface area contributed by atoms with Crippen LogP contribution in [0.2, 0.25) is 0 Å². The number of piperazine rings is 1. The molecule has 0 unspecified atom stereocenters. The molecule has 2 aliphatic heterocycles. The van der Waals surface area contributed by atoms with Gasteiger partial charge in [-0.1, -0.05) is 24.3 Å². The normalized spacial score (nSPS) is 19.3. The van der Waals surface area contributed by atoms with Crippen LogP contribution in [0.15, 0.2) is 48.7 Å². The Morgan fingerprint density at radius 3 is 2.28 bits per heavy atom. The maximum Gasteiger partial charge on any atom is 0.237 e. The molecule has 0 atom stereocenters. The van der Waals surface area contributed by atoms with Crippen molar-refractivity contribution in [1.29, 1.82) is 0 Å². The van der Waals surface area contributed by atoms with Crippen LogP contribution < -0.4 is 4.90 Å². The summed E-state index contributed by atoms with van der Waals surface area (Å²) < 4.78 is 0. The van der Waals surface area contributed by atoms with E-state index in [0.717, 1.165) is 75.6 Å². The Labute approximate surface area is 215 Å². The van der Waals surface area contributed by atoms with Crippen LogP contribution >= 0.6 is 0 Å². The number of pyridine rings is 1. The molecule has 2 aromatic rings. The van der Waals surface area contributed by atoms with Gasteiger partial charge in [0.25, 0.3) is 0 Å². The van der Waals surface area contributed by atoms with Crippen LogP contribution in [0.1, 0.15) is 31.0 Å². The number of fused-ring (bicyclic) bond motifs is 1. The highest BCUT2D eigenvalue weighted by Gasteiger charge is 2.24. The van der Waals surface area contributed by atoms with Crippen LogP contribution in [0.5, 0.6) is 0 Å². The number of hydrogen-bond donors (Lipinski definition) is 0. The molecule has 4 rings (SSSR count). The van der Waals surface area contributed by atoms with E-state index in [0.29, 0.717) is 26.2 Å². The van der Waals surface area contributed by atoms with Crippen molar-refractivity contribution in [2.45, 2.75) is 32.9 Å². The molecule has 2 aliphatic rings. The largest absolute Gasteiger partial charge is 0.337 e. The second-order valence-electron chi connectivity index (χ2n) is 10.00. The Bertz CT molecular complexity index is 993. The van der Waals surface area contributed by atoms with Crippen molar-refractivity contribution in [2.75, 3.05) is 70.9 Å². The summed E-state index contributed by atoms with van der Waals surface area (Å²) in [6.45, 7) is 10.3. The van der Waals surface area contributed by atoms with Crippen LogP contribution in [0.4, 0.5) is 5.69 Å². The van der Waals surface area contributed by atoms with Crippen molar-refractivity contribution in [3.8, 4) is 0 Å². The minimum Gasteiger partial charge on any atom is -0.337 e. The van der Waals surface area contributed by atoms with Gasteiger partial charge in [0.05, 0.1) is 12.2 Å². The third-order valence-corrected chi connectivity index (χ3v) is 7.20. The van der Waals surface area contributed by atoms with E-state index in [1.807, 2.05) is 46.3 Å². The van der Waals surface area contributed by atoms with Crippen molar-refractivity contribution in [1.82, 2.24) is 24.6 Å². The van der Waals surface area contributed by atoms with Crippen LogP contribution in [-0.2, 0) is 22.7 Å². The van der Waals surface area contributed by atoms with Crippen LogP contribution in [0.25, 0.3) is 0 Å². The van der Waals surface area contributed by atoms with E-state index in [1.54, 1.807) is 6.92 Å². The van der Waals surface area contributed by atoms with E-state index < -0.39 is 0 Å². The third kappa shape index (κ3) is 7.35. The van der Waals surface area contributed by atoms with Gasteiger partial charge in [-0.15, -0.1) is 0 Å². The summed E-state index contributed by atoms with van der Waals surface area (Å²) in [6.07, 6.45) is 3.62. The lowest BCUT2D eigenvalue weighted by Crippen LogP contribution is -2.49. The minimum absolute atomic E-state index is 0.0334. The van der Waals surface area contributed by atoms with Crippen molar-refractivity contribution in [3.05, 3.63) is 59.9 Å². The highest BCUT2D eigenvalue weighted by atomic mass is 16.2. The first-order valence-electron chi connectivity index (χ1n) is 13.2. The summed E-state index contributed by atoms with van der Waals surface area (Å²) in [4.78, 5) is 41.5. The van der Waals surface area contributed by atoms with Gasteiger partial charge < -0.3 is 14.7 Å². The molecule has 1 aromatic heterocycles. The standard InChI is InChI=1S/C28H40N6O2/c1-24(35)34-16-8-14-31(22-26-10-5-6-12-29-26)13-7-15-33(21-25-9-3-4-11-27(25)34)28(36)23-32-19-17-30(2)18-20-32/h3-6,9-12H,7-8,13-23H2,1-2H3. The van der Waals surface area contributed by atoms with Crippen molar-refractivity contribution in [2.24, 2.45) is 0 Å². The number of amides is 2. The van der Waals surface area contributed by atoms with Crippen LogP contribution in [0, 0.1) is 0 Å². The summed E-state index contributed by atoms with van der Waals surface area (Å²) >= 11 is 0. The Morgan fingerprint density at radius 2 is 1.56 bits per heavy atom. The van der Waals surface area contributed by atoms with Gasteiger partial charge >= 0.3 is 0 Å². The number of carbonyl (C=O) groups is 2. The molecule has 0 aliphatic carbocycles. The van der Waals surface area contributed by atoms with Crippen LogP contribution in [0.3, 0.4) is 0 Å². The van der Waals surface area contributed by atoms with Gasteiger partial charge in [0, 0.05) is 84.3 Å². The number of nitrogens with zero attached hydrogens (tertiary/aromatic N) is 6. The Kier molecular flexibility index (Phi) is 9.44. The molecular formula is C28H40N6O2. The molecule has 0 bridgehead atoms. The van der Waals surface area contributed by atoms with Gasteiger partial charge in [-0.2, -0.15) is 0 Å². The zero-order valence-corrected chi connectivity index (χ0v) is 21.8. The fraction of sp³-hybridized carbons (Fsp3) is 0.536. The van der Waals surface area contributed by atoms with E-state index in [9.17, 15) is 9.59 Å². The second-order valence-corrected chi connectivity index (χ2v) is 10.00. The predicted octanol–water partition coefficient (Wildman–Crippen LogP) is 2.31. The van der Waals surface area contributed by atoms with Gasteiger partial charge in [0.2, 0.25) is 11.8 Å². The summed E-state index contributed by atoms with van der Waals surface area (Å²) in [5, 5.41) is 0. The maximum atomic E-state index is 13.5. The van der Waals surface area contributed by atoms with Crippen molar-refractivity contribution < 1.29 is 9.59 Å². The van der Waals surface area contributed by atoms with Crippen molar-refractivity contribution >= 4 is 17.5 Å². The van der Waals surface area contributed by atoms with E-state index in [2.05, 4.69) is 38.9 Å². The van der Waals surface area contributed by atoms with E-state index in [4.69, 9.17) is 0 Å². The van der Waals surface area contributed by atoms with E-state index in [-0.39, 0.29) is 11.8 Å². The van der Waals surface area contributed by atoms with Gasteiger partial charge in [-0.25, -0.2) is 0 Å². The lowest BCUT2D eigenvalue weighted by Gasteiger charge is -2.34. The smallest absolute Gasteiger partial charge is 0.237 e. The number of carbonyl (C=O) groups excluding carboxylic acids is 2. The Hall–Kier alpha value is -2.81. The zero-order valence-electron chi connectivity index (χ0n) is 21.8. The van der Waals surface area contributed by atoms with Crippen LogP contribution in [-0.4, -0.2) is 102 Å². The summed E-state index contributed by atoms with van der Waals surface area (Å²) in [5.41, 5.74) is 2.99. The molecule has 8 heteroatoms. The highest BCUT2D eigenvalue weighted by Crippen LogP contribution is 2.24. The fourth-order valence-electron chi connectivity index (χ4n) is 5.08. The molecule has 0 radical (unpaired) electrons. The monoisotopic (exact) mass is 492 g/mol. The average molecular weight is 493 g/mol. The molecule has 0 spiro atoms. The summed E-state index contributed by atoms with van der Waals surface area (Å²) in [7, 11) is 2.13. The lowest BCUT2D eigenvalue weighted by molar-refractivity contribution is -0.133. The number of hydrogen-bond acceptors (Lipinski definition) is 6. The first-order valence-corrected chi connectivity index (χ1v) is 13.2. The number of para-hydroxylation sites is 1. The number of benzene rings is 1. The number of rotatable bonds is 4. The molecule has 36 heavy (non-hydrogen) atoms. The quantitative estimate of drug-likeness (QED) is 0.653. The molecule has 8 nitrogen and oxygen atoms in total. The number of aromatic nitrogens is 1. The minimum atomic E-state index is 0.0334. The lowest BCUT2D eigenvalue weighted by atomic mass is 10.1. The SMILES string of the molecule is CC(=O)N1CCCN(Cc2ccccn2)CCCN(C(=O)CN2CCN(C)CC2)Cc2ccccc21. The van der Waals surface area contributed by atoms with E-state index in [1.165, 1.54) is 0 Å². The van der Waals surface area contributed by atoms with Crippen molar-refractivity contribution in [3.63, 3.8) is 0 Å². The summed E-state index contributed by atoms with van der Waals surface area (Å²) in [5.74, 6) is 0.197. The van der Waals surface area contributed by atoms with E-state index >= 15 is 0 Å². The topological polar surface area (TPSA) is 63.2 Å². The molecule has 194 valence electrons. The Morgan fingerprint density at radius 1 is 0.833 bits per heavy atom. The molecule has 1 aromatic carbocycles. The third-order valence-electron chi connectivity index (χ3n) is 7.20. The van der Waals surface area contributed by atoms with Gasteiger partial charge in [-0.05, 0) is 43.7 Å². The van der Waals surface area contributed by atoms with Gasteiger partial charge in [-0.3, -0.25) is 24.4 Å². The molecule has 1 saturated heterocycles. The predicted molar refractivity (Wildman–Crippen MR) is 143 cm³/mol. The second kappa shape index (κ2) is 12.9. The molecule has 0 saturated carbocycles. The van der Waals surface area contributed by atoms with Gasteiger partial charge in [0.15, 0.2) is 0 Å². The molecule has 2 amide bonds. The Balaban J connectivity index is 1.53. The number of likely N-dealkylation sites (N-methyl/N-ethyl adjacent to an activating group) is 1. The average Bonchev–Trinajstić information content (AvgIpc) is 2.87. The molecule has 1 fully saturated rings. The zero-order chi connectivity index (χ0) is 25.3. The first kappa shape index (κ1) is 26.3.